The third-order valence-electron chi connectivity index (χ3n) is 6.00. The maximum absolute atomic E-state index is 5.88. The van der Waals surface area contributed by atoms with E-state index < -0.39 is 0 Å². The first-order chi connectivity index (χ1) is 15.0. The van der Waals surface area contributed by atoms with E-state index in [0.29, 0.717) is 5.92 Å². The molecule has 0 aliphatic carbocycles. The summed E-state index contributed by atoms with van der Waals surface area (Å²) in [6.07, 6.45) is 3.17. The van der Waals surface area contributed by atoms with Crippen molar-refractivity contribution < 1.29 is 9.47 Å². The minimum absolute atomic E-state index is 0. The molecule has 184 valence electrons. The van der Waals surface area contributed by atoms with Gasteiger partial charge < -0.3 is 25.4 Å². The Hall–Kier alpha value is -0.900. The molecule has 0 amide bonds. The van der Waals surface area contributed by atoms with E-state index in [2.05, 4.69) is 80.9 Å². The van der Waals surface area contributed by atoms with Crippen molar-refractivity contribution in [3.05, 3.63) is 35.9 Å². The van der Waals surface area contributed by atoms with E-state index in [-0.39, 0.29) is 41.7 Å². The van der Waals surface area contributed by atoms with Crippen molar-refractivity contribution >= 4 is 29.9 Å². The van der Waals surface area contributed by atoms with E-state index in [1.165, 1.54) is 5.56 Å². The van der Waals surface area contributed by atoms with Gasteiger partial charge in [0.05, 0.1) is 12.6 Å². The Labute approximate surface area is 212 Å². The van der Waals surface area contributed by atoms with Crippen molar-refractivity contribution in [3.63, 3.8) is 0 Å². The summed E-state index contributed by atoms with van der Waals surface area (Å²) < 4.78 is 11.5. The van der Waals surface area contributed by atoms with Gasteiger partial charge in [-0.3, -0.25) is 4.99 Å². The van der Waals surface area contributed by atoms with Crippen molar-refractivity contribution in [2.24, 2.45) is 10.9 Å². The van der Waals surface area contributed by atoms with Crippen LogP contribution in [0.15, 0.2) is 35.3 Å². The predicted molar refractivity (Wildman–Crippen MR) is 145 cm³/mol. The van der Waals surface area contributed by atoms with E-state index >= 15 is 0 Å². The molecule has 1 saturated heterocycles. The van der Waals surface area contributed by atoms with Gasteiger partial charge in [0.1, 0.15) is 0 Å². The van der Waals surface area contributed by atoms with Crippen LogP contribution in [0.5, 0.6) is 0 Å². The fraction of sp³-hybridized carbons (Fsp3) is 0.720. The highest BCUT2D eigenvalue weighted by Gasteiger charge is 2.34. The number of aliphatic imine (C=N–C) groups is 1. The molecule has 0 saturated carbocycles. The van der Waals surface area contributed by atoms with E-state index in [9.17, 15) is 0 Å². The van der Waals surface area contributed by atoms with Gasteiger partial charge >= 0.3 is 0 Å². The topological polar surface area (TPSA) is 66.9 Å². The third kappa shape index (κ3) is 9.93. The monoisotopic (exact) mass is 560 g/mol. The molecule has 1 aliphatic heterocycles. The second-order valence-electron chi connectivity index (χ2n) is 8.82. The lowest BCUT2D eigenvalue weighted by Crippen LogP contribution is -2.53. The number of guanidine groups is 1. The summed E-state index contributed by atoms with van der Waals surface area (Å²) in [4.78, 5) is 4.98. The molecule has 1 heterocycles. The molecule has 7 heteroatoms. The summed E-state index contributed by atoms with van der Waals surface area (Å²) in [7, 11) is 0. The molecule has 2 atom stereocenters. The largest absolute Gasteiger partial charge is 0.381 e. The average molecular weight is 561 g/mol. The van der Waals surface area contributed by atoms with E-state index in [0.717, 1.165) is 64.7 Å². The predicted octanol–water partition coefficient (Wildman–Crippen LogP) is 4.51. The fourth-order valence-corrected chi connectivity index (χ4v) is 4.12. The summed E-state index contributed by atoms with van der Waals surface area (Å²) in [5.41, 5.74) is 1.25. The van der Waals surface area contributed by atoms with E-state index in [1.807, 2.05) is 0 Å². The Kier molecular flexibility index (Phi) is 14.4. The van der Waals surface area contributed by atoms with Gasteiger partial charge in [-0.15, -0.1) is 24.0 Å². The zero-order valence-corrected chi connectivity index (χ0v) is 23.0. The minimum atomic E-state index is -0.0539. The van der Waals surface area contributed by atoms with Gasteiger partial charge in [0, 0.05) is 44.5 Å². The van der Waals surface area contributed by atoms with E-state index in [1.54, 1.807) is 0 Å². The number of benzene rings is 1. The average Bonchev–Trinajstić information content (AvgIpc) is 2.78. The Morgan fingerprint density at radius 1 is 1.09 bits per heavy atom. The van der Waals surface area contributed by atoms with Crippen LogP contribution in [-0.2, 0) is 9.47 Å². The van der Waals surface area contributed by atoms with Gasteiger partial charge in [-0.05, 0) is 51.5 Å². The molecule has 6 nitrogen and oxygen atoms in total. The molecule has 1 fully saturated rings. The normalized spacial score (nSPS) is 18.0. The second-order valence-corrected chi connectivity index (χ2v) is 8.82. The summed E-state index contributed by atoms with van der Waals surface area (Å²) in [5.74, 6) is 1.39. The second kappa shape index (κ2) is 15.9. The zero-order chi connectivity index (χ0) is 22.5. The summed E-state index contributed by atoms with van der Waals surface area (Å²) in [6, 6.07) is 10.9. The highest BCUT2D eigenvalue weighted by molar-refractivity contribution is 14.0. The van der Waals surface area contributed by atoms with E-state index in [4.69, 9.17) is 14.5 Å². The lowest BCUT2D eigenvalue weighted by Gasteiger charge is -2.39. The SMILES string of the molecule is CCNC(=NCC1(NC(C)c2ccccc2)CCOCC1)NCCC(OCC)C(C)C.I. The molecule has 3 N–H and O–H groups in total. The number of ether oxygens (including phenoxy) is 2. The first-order valence-corrected chi connectivity index (χ1v) is 12.0. The number of hydrogen-bond donors (Lipinski definition) is 3. The van der Waals surface area contributed by atoms with Crippen molar-refractivity contribution in [2.45, 2.75) is 71.6 Å². The van der Waals surface area contributed by atoms with Crippen molar-refractivity contribution in [3.8, 4) is 0 Å². The smallest absolute Gasteiger partial charge is 0.191 e. The molecular weight excluding hydrogens is 515 g/mol. The Morgan fingerprint density at radius 2 is 1.78 bits per heavy atom. The minimum Gasteiger partial charge on any atom is -0.381 e. The number of halogens is 1. The summed E-state index contributed by atoms with van der Waals surface area (Å²) in [5, 5.41) is 10.8. The molecule has 1 aromatic rings. The lowest BCUT2D eigenvalue weighted by atomic mass is 9.88. The summed E-state index contributed by atoms with van der Waals surface area (Å²) >= 11 is 0. The fourth-order valence-electron chi connectivity index (χ4n) is 4.12. The Bertz CT molecular complexity index is 636. The molecular formula is C25H45IN4O2. The van der Waals surface area contributed by atoms with Crippen molar-refractivity contribution in [2.75, 3.05) is 39.5 Å². The van der Waals surface area contributed by atoms with Crippen LogP contribution < -0.4 is 16.0 Å². The van der Waals surface area contributed by atoms with Crippen LogP contribution in [0, 0.1) is 5.92 Å². The quantitative estimate of drug-likeness (QED) is 0.200. The first kappa shape index (κ1) is 29.1. The molecule has 1 aliphatic rings. The van der Waals surface area contributed by atoms with Gasteiger partial charge in [-0.2, -0.15) is 0 Å². The van der Waals surface area contributed by atoms with Crippen LogP contribution in [0.2, 0.25) is 0 Å². The molecule has 1 aromatic carbocycles. The number of hydrogen-bond acceptors (Lipinski definition) is 4. The van der Waals surface area contributed by atoms with Gasteiger partial charge in [0.25, 0.3) is 0 Å². The highest BCUT2D eigenvalue weighted by atomic mass is 127. The molecule has 0 radical (unpaired) electrons. The molecule has 2 rings (SSSR count). The standard InChI is InChI=1S/C25H44N4O2.HI/c1-6-26-24(27-16-13-23(20(3)4)31-7-2)28-19-25(14-17-30-18-15-25)29-21(5)22-11-9-8-10-12-22;/h8-12,20-21,23,29H,6-7,13-19H2,1-5H3,(H2,26,27,28);1H. The molecule has 32 heavy (non-hydrogen) atoms. The highest BCUT2D eigenvalue weighted by Crippen LogP contribution is 2.26. The maximum Gasteiger partial charge on any atom is 0.191 e. The Balaban J connectivity index is 0.00000512. The molecule has 0 spiro atoms. The number of nitrogens with zero attached hydrogens (tertiary/aromatic N) is 1. The zero-order valence-electron chi connectivity index (χ0n) is 20.7. The van der Waals surface area contributed by atoms with Crippen LogP contribution in [0.4, 0.5) is 0 Å². The molecule has 2 unspecified atom stereocenters. The maximum atomic E-state index is 5.88. The van der Waals surface area contributed by atoms with Crippen LogP contribution >= 0.6 is 24.0 Å². The molecule has 0 aromatic heterocycles. The van der Waals surface area contributed by atoms with Gasteiger partial charge in [0.15, 0.2) is 5.96 Å². The number of rotatable bonds is 12. The van der Waals surface area contributed by atoms with Gasteiger partial charge in [0.2, 0.25) is 0 Å². The first-order valence-electron chi connectivity index (χ1n) is 12.0. The summed E-state index contributed by atoms with van der Waals surface area (Å²) in [6.45, 7) is 15.6. The lowest BCUT2D eigenvalue weighted by molar-refractivity contribution is 0.0258. The van der Waals surface area contributed by atoms with Crippen molar-refractivity contribution in [1.29, 1.82) is 0 Å². The van der Waals surface area contributed by atoms with Crippen LogP contribution in [0.1, 0.15) is 65.5 Å². The van der Waals surface area contributed by atoms with Crippen molar-refractivity contribution in [1.82, 2.24) is 16.0 Å². The van der Waals surface area contributed by atoms with Crippen LogP contribution in [0.25, 0.3) is 0 Å². The number of nitrogens with one attached hydrogen (secondary N) is 3. The third-order valence-corrected chi connectivity index (χ3v) is 6.00. The molecule has 0 bridgehead atoms. The Morgan fingerprint density at radius 3 is 2.38 bits per heavy atom. The van der Waals surface area contributed by atoms with Gasteiger partial charge in [-0.1, -0.05) is 44.2 Å². The van der Waals surface area contributed by atoms with Crippen LogP contribution in [0.3, 0.4) is 0 Å². The van der Waals surface area contributed by atoms with Crippen LogP contribution in [-0.4, -0.2) is 57.1 Å². The van der Waals surface area contributed by atoms with Gasteiger partial charge in [-0.25, -0.2) is 0 Å².